The first kappa shape index (κ1) is 28.0. The second-order valence-corrected chi connectivity index (χ2v) is 11.0. The summed E-state index contributed by atoms with van der Waals surface area (Å²) in [4.78, 5) is 60.4. The number of aromatic nitrogens is 2. The molecule has 1 unspecified atom stereocenters. The Bertz CT molecular complexity index is 1600. The number of aliphatic carboxylic acids is 1. The lowest BCUT2D eigenvalue weighted by atomic mass is 10.0. The molecule has 2 aliphatic heterocycles. The van der Waals surface area contributed by atoms with E-state index in [2.05, 4.69) is 15.5 Å². The lowest BCUT2D eigenvalue weighted by molar-refractivity contribution is -0.687. The zero-order valence-corrected chi connectivity index (χ0v) is 23.3. The molecule has 5 rings (SSSR count). The molecule has 41 heavy (non-hydrogen) atoms. The minimum Gasteiger partial charge on any atom is -0.543 e. The number of nitrogens with one attached hydrogen (secondary N) is 1. The van der Waals surface area contributed by atoms with E-state index in [9.17, 15) is 24.3 Å². The SMILES string of the molecule is CCOC(=O)CO/N=C(/C(=O)NC1C(=O)N2C(C(=O)[O-])=C(C[n+]3ccc4ccsc4c3)CS[C@H]12)c1cccc(N)n1. The first-order chi connectivity index (χ1) is 19.8. The van der Waals surface area contributed by atoms with Crippen LogP contribution in [0.25, 0.3) is 10.1 Å². The van der Waals surface area contributed by atoms with Crippen molar-refractivity contribution in [2.24, 2.45) is 5.16 Å². The van der Waals surface area contributed by atoms with E-state index in [4.69, 9.17) is 15.3 Å². The van der Waals surface area contributed by atoms with Crippen molar-refractivity contribution >= 4 is 68.5 Å². The number of carbonyl (C=O) groups excluding carboxylic acids is 4. The summed E-state index contributed by atoms with van der Waals surface area (Å²) >= 11 is 2.89. The van der Waals surface area contributed by atoms with Gasteiger partial charge in [0.05, 0.1) is 23.0 Å². The van der Waals surface area contributed by atoms with Crippen LogP contribution in [-0.2, 0) is 35.3 Å². The number of nitrogens with zero attached hydrogens (tertiary/aromatic N) is 4. The Labute approximate surface area is 241 Å². The maximum absolute atomic E-state index is 13.2. The number of nitrogens with two attached hydrogens (primary N) is 1. The fraction of sp³-hybridized carbons (Fsp3) is 0.269. The Morgan fingerprint density at radius 2 is 2.12 bits per heavy atom. The Hall–Kier alpha value is -4.50. The Morgan fingerprint density at radius 1 is 1.29 bits per heavy atom. The fourth-order valence-corrected chi connectivity index (χ4v) is 6.57. The molecule has 3 N–H and O–H groups in total. The van der Waals surface area contributed by atoms with Gasteiger partial charge in [0.2, 0.25) is 6.61 Å². The van der Waals surface area contributed by atoms with Crippen LogP contribution < -0.4 is 20.7 Å². The van der Waals surface area contributed by atoms with Crippen molar-refractivity contribution in [2.45, 2.75) is 24.9 Å². The van der Waals surface area contributed by atoms with Gasteiger partial charge in [-0.3, -0.25) is 14.5 Å². The maximum Gasteiger partial charge on any atom is 0.347 e. The molecule has 2 amide bonds. The average molecular weight is 597 g/mol. The van der Waals surface area contributed by atoms with Crippen molar-refractivity contribution in [3.05, 3.63) is 65.1 Å². The summed E-state index contributed by atoms with van der Waals surface area (Å²) in [5, 5.41) is 20.9. The van der Waals surface area contributed by atoms with E-state index in [0.29, 0.717) is 11.3 Å². The number of anilines is 1. The minimum absolute atomic E-state index is 0.0450. The van der Waals surface area contributed by atoms with Gasteiger partial charge in [0, 0.05) is 22.8 Å². The van der Waals surface area contributed by atoms with Crippen LogP contribution in [0.3, 0.4) is 0 Å². The van der Waals surface area contributed by atoms with Crippen molar-refractivity contribution in [1.82, 2.24) is 15.2 Å². The van der Waals surface area contributed by atoms with Crippen LogP contribution in [0.15, 0.2) is 64.5 Å². The summed E-state index contributed by atoms with van der Waals surface area (Å²) in [5.41, 5.74) is 5.78. The molecule has 212 valence electrons. The zero-order chi connectivity index (χ0) is 29.1. The van der Waals surface area contributed by atoms with Crippen LogP contribution in [0.4, 0.5) is 5.82 Å². The van der Waals surface area contributed by atoms with E-state index < -0.39 is 41.8 Å². The van der Waals surface area contributed by atoms with Crippen LogP contribution in [0, 0.1) is 0 Å². The van der Waals surface area contributed by atoms with Gasteiger partial charge in [0.15, 0.2) is 24.7 Å². The molecule has 13 nitrogen and oxygen atoms in total. The summed E-state index contributed by atoms with van der Waals surface area (Å²) in [6.45, 7) is 1.47. The number of pyridine rings is 2. The average Bonchev–Trinajstić information content (AvgIpc) is 3.41. The van der Waals surface area contributed by atoms with Gasteiger partial charge in [-0.25, -0.2) is 9.78 Å². The molecule has 15 heteroatoms. The van der Waals surface area contributed by atoms with E-state index in [0.717, 1.165) is 15.0 Å². The number of fused-ring (bicyclic) bond motifs is 2. The minimum atomic E-state index is -1.47. The first-order valence-corrected chi connectivity index (χ1v) is 14.3. The number of thiophene rings is 1. The van der Waals surface area contributed by atoms with Gasteiger partial charge in [0.25, 0.3) is 11.8 Å². The Balaban J connectivity index is 1.34. The highest BCUT2D eigenvalue weighted by Gasteiger charge is 2.53. The highest BCUT2D eigenvalue weighted by Crippen LogP contribution is 2.40. The number of hydrogen-bond donors (Lipinski definition) is 2. The standard InChI is InChI=1S/C26H24N6O7S2/c1-2-38-19(33)12-39-30-20(16-4-3-5-18(27)28-16)23(34)29-21-24(35)32-22(26(36)37)15(13-41-25(21)32)10-31-8-6-14-7-9-40-17(14)11-31/h3-9,11,21,25H,2,10,12-13H2,1H3,(H3-,27,28,29,34,36,37)/b30-20+/t21?,25-/m1/s1. The fourth-order valence-electron chi connectivity index (χ4n) is 4.40. The highest BCUT2D eigenvalue weighted by molar-refractivity contribution is 8.00. The molecule has 0 spiro atoms. The number of oxime groups is 1. The lowest BCUT2D eigenvalue weighted by Gasteiger charge is -2.50. The molecule has 1 fully saturated rings. The second kappa shape index (κ2) is 11.9. The third-order valence-electron chi connectivity index (χ3n) is 6.23. The number of rotatable bonds is 10. The van der Waals surface area contributed by atoms with Gasteiger partial charge in [-0.1, -0.05) is 11.2 Å². The molecule has 0 aromatic carbocycles. The number of nitrogen functional groups attached to an aromatic ring is 1. The van der Waals surface area contributed by atoms with Crippen molar-refractivity contribution in [1.29, 1.82) is 0 Å². The van der Waals surface area contributed by atoms with Crippen LogP contribution in [-0.4, -0.2) is 69.7 Å². The molecule has 0 aliphatic carbocycles. The van der Waals surface area contributed by atoms with Crippen molar-refractivity contribution in [3.8, 4) is 0 Å². The second-order valence-electron chi connectivity index (χ2n) is 8.92. The predicted octanol–water partition coefficient (Wildman–Crippen LogP) is -0.446. The van der Waals surface area contributed by atoms with E-state index >= 15 is 0 Å². The van der Waals surface area contributed by atoms with E-state index in [-0.39, 0.29) is 36.1 Å². The summed E-state index contributed by atoms with van der Waals surface area (Å²) < 4.78 is 7.69. The van der Waals surface area contributed by atoms with Gasteiger partial charge in [-0.2, -0.15) is 4.57 Å². The normalized spacial score (nSPS) is 18.5. The topological polar surface area (TPSA) is 180 Å². The maximum atomic E-state index is 13.2. The first-order valence-electron chi connectivity index (χ1n) is 12.4. The van der Waals surface area contributed by atoms with Crippen molar-refractivity contribution < 1.29 is 38.4 Å². The van der Waals surface area contributed by atoms with Crippen LogP contribution in [0.5, 0.6) is 0 Å². The number of hydrogen-bond acceptors (Lipinski definition) is 12. The number of ether oxygens (including phenoxy) is 1. The molecule has 2 aliphatic rings. The molecule has 2 atom stereocenters. The van der Waals surface area contributed by atoms with Gasteiger partial charge in [-0.15, -0.1) is 23.1 Å². The number of carbonyl (C=O) groups is 4. The molecular weight excluding hydrogens is 572 g/mol. The molecule has 5 heterocycles. The quantitative estimate of drug-likeness (QED) is 0.102. The molecule has 0 saturated carbocycles. The van der Waals surface area contributed by atoms with Gasteiger partial charge >= 0.3 is 5.97 Å². The lowest BCUT2D eigenvalue weighted by Crippen LogP contribution is -2.71. The van der Waals surface area contributed by atoms with Gasteiger partial charge < -0.3 is 30.5 Å². The smallest absolute Gasteiger partial charge is 0.347 e. The molecule has 0 radical (unpaired) electrons. The van der Waals surface area contributed by atoms with Gasteiger partial charge in [0.1, 0.15) is 22.9 Å². The van der Waals surface area contributed by atoms with E-state index in [1.165, 1.54) is 23.9 Å². The Kier molecular flexibility index (Phi) is 8.16. The molecule has 3 aromatic heterocycles. The highest BCUT2D eigenvalue weighted by atomic mass is 32.2. The van der Waals surface area contributed by atoms with Crippen LogP contribution >= 0.6 is 23.1 Å². The van der Waals surface area contributed by atoms with Crippen molar-refractivity contribution in [3.63, 3.8) is 0 Å². The molecule has 3 aromatic rings. The third-order valence-corrected chi connectivity index (χ3v) is 8.44. The van der Waals surface area contributed by atoms with Crippen LogP contribution in [0.2, 0.25) is 0 Å². The van der Waals surface area contributed by atoms with Crippen LogP contribution in [0.1, 0.15) is 12.6 Å². The number of carboxylic acids is 1. The number of carboxylic acid groups (broad SMARTS) is 1. The number of thioether (sulfide) groups is 1. The predicted molar refractivity (Wildman–Crippen MR) is 147 cm³/mol. The van der Waals surface area contributed by atoms with E-state index in [1.807, 2.05) is 34.5 Å². The Morgan fingerprint density at radius 3 is 2.88 bits per heavy atom. The molecule has 0 bridgehead atoms. The zero-order valence-electron chi connectivity index (χ0n) is 21.6. The number of esters is 1. The summed E-state index contributed by atoms with van der Waals surface area (Å²) in [5.74, 6) is -3.19. The van der Waals surface area contributed by atoms with E-state index in [1.54, 1.807) is 24.3 Å². The van der Waals surface area contributed by atoms with Gasteiger partial charge in [-0.05, 0) is 30.5 Å². The summed E-state index contributed by atoms with van der Waals surface area (Å²) in [6, 6.07) is 7.40. The number of β-lactam (4-membered cyclic amide) rings is 1. The summed E-state index contributed by atoms with van der Waals surface area (Å²) in [7, 11) is 0. The molecule has 1 saturated heterocycles. The largest absolute Gasteiger partial charge is 0.543 e. The third kappa shape index (κ3) is 5.85. The summed E-state index contributed by atoms with van der Waals surface area (Å²) in [6.07, 6.45) is 3.77. The number of amides is 2. The van der Waals surface area contributed by atoms with Crippen molar-refractivity contribution in [2.75, 3.05) is 24.7 Å². The monoisotopic (exact) mass is 596 g/mol. The molecular formula is C26H24N6O7S2.